The van der Waals surface area contributed by atoms with Crippen molar-refractivity contribution >= 4 is 11.8 Å². The summed E-state index contributed by atoms with van der Waals surface area (Å²) >= 11 is 1.88. The second-order valence-corrected chi connectivity index (χ2v) is 4.32. The summed E-state index contributed by atoms with van der Waals surface area (Å²) in [6.45, 7) is 2.36. The van der Waals surface area contributed by atoms with Gasteiger partial charge < -0.3 is 5.11 Å². The van der Waals surface area contributed by atoms with Crippen LogP contribution in [0.25, 0.3) is 0 Å². The summed E-state index contributed by atoms with van der Waals surface area (Å²) in [6.07, 6.45) is 0. The molecule has 0 aromatic heterocycles. The molecular weight excluding hydrogens is 180 g/mol. The van der Waals surface area contributed by atoms with Crippen LogP contribution in [-0.4, -0.2) is 17.5 Å². The van der Waals surface area contributed by atoms with Gasteiger partial charge in [0.2, 0.25) is 0 Å². The van der Waals surface area contributed by atoms with Crippen molar-refractivity contribution in [1.82, 2.24) is 0 Å². The molecule has 0 radical (unpaired) electrons. The highest BCUT2D eigenvalue weighted by molar-refractivity contribution is 7.98. The highest BCUT2D eigenvalue weighted by Gasteiger charge is 1.99. The zero-order valence-corrected chi connectivity index (χ0v) is 8.76. The largest absolute Gasteiger partial charge is 0.396 e. The van der Waals surface area contributed by atoms with Gasteiger partial charge in [0, 0.05) is 12.4 Å². The standard InChI is InChI=1S/C11H16OS/c1-10(7-12)8-13-9-11-5-3-2-4-6-11/h2-6,10,12H,7-9H2,1H3/t10-/m1/s1. The Kier molecular flexibility index (Phi) is 4.94. The van der Waals surface area contributed by atoms with E-state index in [1.807, 2.05) is 17.8 Å². The summed E-state index contributed by atoms with van der Waals surface area (Å²) in [4.78, 5) is 0. The second-order valence-electron chi connectivity index (χ2n) is 3.29. The number of aliphatic hydroxyl groups excluding tert-OH is 1. The van der Waals surface area contributed by atoms with Crippen molar-refractivity contribution < 1.29 is 5.11 Å². The van der Waals surface area contributed by atoms with Crippen LogP contribution in [-0.2, 0) is 5.75 Å². The molecule has 0 bridgehead atoms. The van der Waals surface area contributed by atoms with Crippen LogP contribution in [0, 0.1) is 5.92 Å². The van der Waals surface area contributed by atoms with E-state index in [2.05, 4.69) is 31.2 Å². The Morgan fingerprint density at radius 1 is 1.31 bits per heavy atom. The van der Waals surface area contributed by atoms with Crippen LogP contribution < -0.4 is 0 Å². The molecule has 0 saturated carbocycles. The van der Waals surface area contributed by atoms with E-state index < -0.39 is 0 Å². The van der Waals surface area contributed by atoms with Gasteiger partial charge in [0.15, 0.2) is 0 Å². The Bertz CT molecular complexity index is 223. The van der Waals surface area contributed by atoms with Crippen LogP contribution in [0.4, 0.5) is 0 Å². The van der Waals surface area contributed by atoms with E-state index in [9.17, 15) is 0 Å². The molecule has 0 aliphatic rings. The van der Waals surface area contributed by atoms with E-state index in [1.165, 1.54) is 5.56 Å². The van der Waals surface area contributed by atoms with Crippen molar-refractivity contribution in [2.75, 3.05) is 12.4 Å². The molecule has 1 aromatic carbocycles. The number of benzene rings is 1. The van der Waals surface area contributed by atoms with Crippen LogP contribution >= 0.6 is 11.8 Å². The third kappa shape index (κ3) is 4.34. The summed E-state index contributed by atoms with van der Waals surface area (Å²) in [5, 5.41) is 8.82. The van der Waals surface area contributed by atoms with Crippen LogP contribution in [0.3, 0.4) is 0 Å². The van der Waals surface area contributed by atoms with Gasteiger partial charge >= 0.3 is 0 Å². The quantitative estimate of drug-likeness (QED) is 0.781. The molecule has 1 aromatic rings. The fraction of sp³-hybridized carbons (Fsp3) is 0.455. The smallest absolute Gasteiger partial charge is 0.0464 e. The molecule has 0 fully saturated rings. The van der Waals surface area contributed by atoms with Crippen LogP contribution in [0.1, 0.15) is 12.5 Å². The normalized spacial score (nSPS) is 12.8. The third-order valence-corrected chi connectivity index (χ3v) is 3.17. The Morgan fingerprint density at radius 3 is 2.62 bits per heavy atom. The van der Waals surface area contributed by atoms with Gasteiger partial charge in [0.1, 0.15) is 0 Å². The second kappa shape index (κ2) is 6.06. The van der Waals surface area contributed by atoms with Gasteiger partial charge in [-0.25, -0.2) is 0 Å². The van der Waals surface area contributed by atoms with E-state index in [4.69, 9.17) is 5.11 Å². The lowest BCUT2D eigenvalue weighted by molar-refractivity contribution is 0.250. The predicted molar refractivity (Wildman–Crippen MR) is 58.9 cm³/mol. The van der Waals surface area contributed by atoms with Gasteiger partial charge in [-0.15, -0.1) is 0 Å². The molecule has 0 spiro atoms. The number of rotatable bonds is 5. The summed E-state index contributed by atoms with van der Waals surface area (Å²) in [6, 6.07) is 10.4. The lowest BCUT2D eigenvalue weighted by Crippen LogP contribution is -2.03. The first-order chi connectivity index (χ1) is 6.33. The van der Waals surface area contributed by atoms with Crippen molar-refractivity contribution in [3.8, 4) is 0 Å². The van der Waals surface area contributed by atoms with E-state index in [0.717, 1.165) is 11.5 Å². The fourth-order valence-corrected chi connectivity index (χ4v) is 2.06. The molecular formula is C11H16OS. The molecule has 1 nitrogen and oxygen atoms in total. The van der Waals surface area contributed by atoms with Crippen molar-refractivity contribution in [3.63, 3.8) is 0 Å². The van der Waals surface area contributed by atoms with Crippen molar-refractivity contribution in [2.45, 2.75) is 12.7 Å². The molecule has 0 aliphatic carbocycles. The Balaban J connectivity index is 2.20. The Hall–Kier alpha value is -0.470. The highest BCUT2D eigenvalue weighted by Crippen LogP contribution is 2.14. The van der Waals surface area contributed by atoms with Crippen LogP contribution in [0.2, 0.25) is 0 Å². The maximum absolute atomic E-state index is 8.82. The van der Waals surface area contributed by atoms with Gasteiger partial charge in [0.25, 0.3) is 0 Å². The van der Waals surface area contributed by atoms with E-state index in [0.29, 0.717) is 12.5 Å². The van der Waals surface area contributed by atoms with Crippen LogP contribution in [0.5, 0.6) is 0 Å². The van der Waals surface area contributed by atoms with Gasteiger partial charge in [-0.2, -0.15) is 11.8 Å². The lowest BCUT2D eigenvalue weighted by Gasteiger charge is -2.06. The molecule has 1 N–H and O–H groups in total. The van der Waals surface area contributed by atoms with E-state index in [1.54, 1.807) is 0 Å². The van der Waals surface area contributed by atoms with Gasteiger partial charge in [0.05, 0.1) is 0 Å². The van der Waals surface area contributed by atoms with Crippen molar-refractivity contribution in [1.29, 1.82) is 0 Å². The number of hydrogen-bond donors (Lipinski definition) is 1. The summed E-state index contributed by atoms with van der Waals surface area (Å²) in [5.41, 5.74) is 1.36. The molecule has 0 aliphatic heterocycles. The minimum Gasteiger partial charge on any atom is -0.396 e. The van der Waals surface area contributed by atoms with E-state index >= 15 is 0 Å². The first-order valence-corrected chi connectivity index (χ1v) is 5.71. The molecule has 72 valence electrons. The maximum Gasteiger partial charge on any atom is 0.0464 e. The third-order valence-electron chi connectivity index (χ3n) is 1.83. The molecule has 1 rings (SSSR count). The molecule has 0 heterocycles. The fourth-order valence-electron chi connectivity index (χ4n) is 1.00. The molecule has 0 amide bonds. The zero-order valence-electron chi connectivity index (χ0n) is 7.94. The first-order valence-electron chi connectivity index (χ1n) is 4.55. The molecule has 1 atom stereocenters. The molecule has 2 heteroatoms. The Labute approximate surface area is 84.2 Å². The Morgan fingerprint density at radius 2 is 2.00 bits per heavy atom. The van der Waals surface area contributed by atoms with Gasteiger partial charge in [-0.1, -0.05) is 37.3 Å². The van der Waals surface area contributed by atoms with E-state index in [-0.39, 0.29) is 0 Å². The molecule has 0 saturated heterocycles. The number of hydrogen-bond acceptors (Lipinski definition) is 2. The average molecular weight is 196 g/mol. The number of thioether (sulfide) groups is 1. The molecule has 0 unspecified atom stereocenters. The maximum atomic E-state index is 8.82. The summed E-state index contributed by atoms with van der Waals surface area (Å²) in [5.74, 6) is 2.49. The number of aliphatic hydroxyl groups is 1. The summed E-state index contributed by atoms with van der Waals surface area (Å²) in [7, 11) is 0. The lowest BCUT2D eigenvalue weighted by atomic mass is 10.2. The minimum absolute atomic E-state index is 0.293. The topological polar surface area (TPSA) is 20.2 Å². The van der Waals surface area contributed by atoms with Crippen molar-refractivity contribution in [3.05, 3.63) is 35.9 Å². The molecule has 13 heavy (non-hydrogen) atoms. The predicted octanol–water partition coefficient (Wildman–Crippen LogP) is 2.55. The van der Waals surface area contributed by atoms with Crippen molar-refractivity contribution in [2.24, 2.45) is 5.92 Å². The average Bonchev–Trinajstić information content (AvgIpc) is 2.19. The summed E-state index contributed by atoms with van der Waals surface area (Å²) < 4.78 is 0. The van der Waals surface area contributed by atoms with Gasteiger partial charge in [-0.05, 0) is 17.2 Å². The first kappa shape index (κ1) is 10.6. The zero-order chi connectivity index (χ0) is 9.52. The monoisotopic (exact) mass is 196 g/mol. The SMILES string of the molecule is C[C@H](CO)CSCc1ccccc1. The highest BCUT2D eigenvalue weighted by atomic mass is 32.2. The minimum atomic E-state index is 0.293. The van der Waals surface area contributed by atoms with Gasteiger partial charge in [-0.3, -0.25) is 0 Å². The van der Waals surface area contributed by atoms with Crippen LogP contribution in [0.15, 0.2) is 30.3 Å².